The fourth-order valence-corrected chi connectivity index (χ4v) is 14.9. The highest BCUT2D eigenvalue weighted by molar-refractivity contribution is 5.69. The molecule has 3 heteroatoms. The Bertz CT molecular complexity index is 1280. The third-order valence-corrected chi connectivity index (χ3v) is 19.1. The van der Waals surface area contributed by atoms with Crippen molar-refractivity contribution in [2.24, 2.45) is 50.2 Å². The molecule has 5 aliphatic carbocycles. The predicted octanol–water partition coefficient (Wildman–Crippen LogP) is 16.7. The minimum Gasteiger partial charge on any atom is -0.462 e. The number of carbonyl (C=O) groups excluding carboxylic acids is 1. The van der Waals surface area contributed by atoms with E-state index in [1.165, 1.54) is 186 Å². The van der Waals surface area contributed by atoms with Gasteiger partial charge in [0.1, 0.15) is 6.10 Å². The van der Waals surface area contributed by atoms with Gasteiger partial charge in [0.2, 0.25) is 0 Å². The second-order valence-electron chi connectivity index (χ2n) is 23.7. The number of hydrogen-bond acceptors (Lipinski definition) is 3. The van der Waals surface area contributed by atoms with Crippen LogP contribution in [0.5, 0.6) is 0 Å². The predicted molar refractivity (Wildman–Crippen MR) is 248 cm³/mol. The third-order valence-electron chi connectivity index (χ3n) is 19.1. The molecule has 0 spiro atoms. The summed E-state index contributed by atoms with van der Waals surface area (Å²) in [7, 11) is 0. The second-order valence-corrected chi connectivity index (χ2v) is 23.7. The fraction of sp³-hybridized carbons (Fsp3) is 0.945. The van der Waals surface area contributed by atoms with Crippen LogP contribution in [0.4, 0.5) is 0 Å². The first-order chi connectivity index (χ1) is 27.7. The van der Waals surface area contributed by atoms with Gasteiger partial charge in [-0.1, -0.05) is 202 Å². The zero-order chi connectivity index (χ0) is 41.9. The van der Waals surface area contributed by atoms with Crippen molar-refractivity contribution in [2.45, 2.75) is 273 Å². The number of rotatable bonds is 25. The first-order valence-electron chi connectivity index (χ1n) is 26.2. The maximum absolute atomic E-state index is 13.3. The van der Waals surface area contributed by atoms with Crippen molar-refractivity contribution in [3.05, 3.63) is 11.6 Å². The van der Waals surface area contributed by atoms with Crippen molar-refractivity contribution in [3.8, 4) is 0 Å². The number of ether oxygens (including phenoxy) is 1. The van der Waals surface area contributed by atoms with E-state index in [-0.39, 0.29) is 39.1 Å². The SMILES string of the molecule is CCCCCCCCCCCCCCCCCCCCCCCCC(=O)O[C@H]1CC[C@]2(C)[C@H]3CC=C4[C@@H]5CC(C)(C)CC[C@]5(CO)CC[C@@]4(C)[C@]3(C)CC[C@H]2C1(C)C. The Morgan fingerprint density at radius 1 is 0.621 bits per heavy atom. The zero-order valence-electron chi connectivity index (χ0n) is 40.2. The lowest BCUT2D eigenvalue weighted by Gasteiger charge is -2.71. The number of unbranched alkanes of at least 4 members (excludes halogenated alkanes) is 21. The largest absolute Gasteiger partial charge is 0.462 e. The molecule has 0 saturated heterocycles. The summed E-state index contributed by atoms with van der Waals surface area (Å²) in [5.74, 6) is 1.82. The van der Waals surface area contributed by atoms with Crippen LogP contribution in [0.2, 0.25) is 0 Å². The van der Waals surface area contributed by atoms with Crippen LogP contribution in [0.1, 0.15) is 267 Å². The van der Waals surface area contributed by atoms with Crippen molar-refractivity contribution >= 4 is 5.97 Å². The summed E-state index contributed by atoms with van der Waals surface area (Å²) < 4.78 is 6.44. The number of allylic oxidation sites excluding steroid dienone is 2. The molecule has 0 aromatic heterocycles. The van der Waals surface area contributed by atoms with Crippen LogP contribution in [0.3, 0.4) is 0 Å². The molecule has 4 saturated carbocycles. The Labute approximate surface area is 361 Å². The Morgan fingerprint density at radius 3 is 1.64 bits per heavy atom. The highest BCUT2D eigenvalue weighted by Gasteiger charge is 2.68. The van der Waals surface area contributed by atoms with E-state index >= 15 is 0 Å². The molecular formula is C55H98O3. The van der Waals surface area contributed by atoms with Crippen LogP contribution in [-0.4, -0.2) is 23.8 Å². The van der Waals surface area contributed by atoms with Gasteiger partial charge < -0.3 is 9.84 Å². The van der Waals surface area contributed by atoms with Crippen molar-refractivity contribution < 1.29 is 14.6 Å². The maximum Gasteiger partial charge on any atom is 0.306 e. The van der Waals surface area contributed by atoms with Crippen LogP contribution in [0.25, 0.3) is 0 Å². The van der Waals surface area contributed by atoms with Crippen molar-refractivity contribution in [2.75, 3.05) is 6.61 Å². The second kappa shape index (κ2) is 21.5. The molecule has 0 aliphatic heterocycles. The van der Waals surface area contributed by atoms with Gasteiger partial charge in [-0.15, -0.1) is 0 Å². The van der Waals surface area contributed by atoms with E-state index in [1.54, 1.807) is 5.57 Å². The Morgan fingerprint density at radius 2 is 1.12 bits per heavy atom. The molecule has 8 atom stereocenters. The van der Waals surface area contributed by atoms with E-state index in [0.29, 0.717) is 36.2 Å². The van der Waals surface area contributed by atoms with Gasteiger partial charge in [-0.2, -0.15) is 0 Å². The summed E-state index contributed by atoms with van der Waals surface area (Å²) in [4.78, 5) is 13.3. The molecule has 0 amide bonds. The molecule has 4 fully saturated rings. The molecule has 58 heavy (non-hydrogen) atoms. The number of aliphatic hydroxyl groups is 1. The van der Waals surface area contributed by atoms with E-state index in [4.69, 9.17) is 4.74 Å². The van der Waals surface area contributed by atoms with Crippen LogP contribution < -0.4 is 0 Å². The number of esters is 1. The summed E-state index contributed by atoms with van der Waals surface area (Å²) >= 11 is 0. The van der Waals surface area contributed by atoms with Gasteiger partial charge in [0, 0.05) is 23.9 Å². The van der Waals surface area contributed by atoms with Gasteiger partial charge in [-0.3, -0.25) is 4.79 Å². The molecule has 5 aliphatic rings. The molecular weight excluding hydrogens is 709 g/mol. The van der Waals surface area contributed by atoms with Gasteiger partial charge in [0.15, 0.2) is 0 Å². The van der Waals surface area contributed by atoms with Crippen molar-refractivity contribution in [3.63, 3.8) is 0 Å². The van der Waals surface area contributed by atoms with Crippen LogP contribution >= 0.6 is 0 Å². The molecule has 0 aromatic carbocycles. The molecule has 1 N–H and O–H groups in total. The van der Waals surface area contributed by atoms with Crippen molar-refractivity contribution in [1.29, 1.82) is 0 Å². The van der Waals surface area contributed by atoms with Crippen LogP contribution in [-0.2, 0) is 9.53 Å². The average molecular weight is 807 g/mol. The molecule has 5 rings (SSSR count). The standard InChI is InChI=1S/C55H98O3/c1-9-10-11-12-13-14-15-16-17-18-19-20-21-22-23-24-25-26-27-28-29-30-31-49(57)58-48-35-36-52(6)46(51(48,4)5)34-37-54(8)47(52)33-32-44-45-42-50(2,3)38-40-55(45,43-56)41-39-53(44,54)7/h32,45-48,56H,9-31,33-43H2,1-8H3/t45-,46-,47+,48-,52-,53+,54+,55+/m0/s1. The molecule has 0 heterocycles. The lowest BCUT2D eigenvalue weighted by Crippen LogP contribution is -2.65. The first kappa shape index (κ1) is 48.2. The molecule has 336 valence electrons. The molecule has 0 unspecified atom stereocenters. The summed E-state index contributed by atoms with van der Waals surface area (Å²) in [6, 6.07) is 0. The Balaban J connectivity index is 0.950. The summed E-state index contributed by atoms with van der Waals surface area (Å²) in [5.41, 5.74) is 2.92. The lowest BCUT2D eigenvalue weighted by molar-refractivity contribution is -0.213. The Hall–Kier alpha value is -0.830. The molecule has 0 aromatic rings. The van der Waals surface area contributed by atoms with Gasteiger partial charge in [-0.05, 0) is 110 Å². The van der Waals surface area contributed by atoms with E-state index in [0.717, 1.165) is 19.3 Å². The van der Waals surface area contributed by atoms with Gasteiger partial charge >= 0.3 is 5.97 Å². The smallest absolute Gasteiger partial charge is 0.306 e. The van der Waals surface area contributed by atoms with E-state index in [2.05, 4.69) is 61.5 Å². The Kier molecular flexibility index (Phi) is 17.9. The molecule has 3 nitrogen and oxygen atoms in total. The lowest BCUT2D eigenvalue weighted by atomic mass is 9.33. The maximum atomic E-state index is 13.3. The topological polar surface area (TPSA) is 46.5 Å². The number of aliphatic hydroxyl groups excluding tert-OH is 1. The van der Waals surface area contributed by atoms with Crippen molar-refractivity contribution in [1.82, 2.24) is 0 Å². The quantitative estimate of drug-likeness (QED) is 0.0568. The summed E-state index contributed by atoms with van der Waals surface area (Å²) in [5, 5.41) is 10.9. The molecule has 0 bridgehead atoms. The normalized spacial score (nSPS) is 34.9. The van der Waals surface area contributed by atoms with Crippen LogP contribution in [0.15, 0.2) is 11.6 Å². The zero-order valence-corrected chi connectivity index (χ0v) is 40.2. The molecule has 0 radical (unpaired) electrons. The summed E-state index contributed by atoms with van der Waals surface area (Å²) in [6.07, 6.45) is 45.9. The van der Waals surface area contributed by atoms with Crippen LogP contribution in [0, 0.1) is 50.2 Å². The minimum absolute atomic E-state index is 0.00639. The third kappa shape index (κ3) is 11.0. The number of hydrogen-bond donors (Lipinski definition) is 1. The van der Waals surface area contributed by atoms with E-state index in [9.17, 15) is 9.90 Å². The van der Waals surface area contributed by atoms with E-state index < -0.39 is 0 Å². The van der Waals surface area contributed by atoms with E-state index in [1.807, 2.05) is 0 Å². The highest BCUT2D eigenvalue weighted by atomic mass is 16.5. The van der Waals surface area contributed by atoms with Gasteiger partial charge in [-0.25, -0.2) is 0 Å². The van der Waals surface area contributed by atoms with Gasteiger partial charge in [0.25, 0.3) is 0 Å². The number of fused-ring (bicyclic) bond motifs is 7. The highest BCUT2D eigenvalue weighted by Crippen LogP contribution is 2.75. The monoisotopic (exact) mass is 807 g/mol. The summed E-state index contributed by atoms with van der Waals surface area (Å²) in [6.45, 7) is 20.5. The minimum atomic E-state index is -0.00639. The average Bonchev–Trinajstić information content (AvgIpc) is 3.18. The number of carbonyl (C=O) groups is 1. The van der Waals surface area contributed by atoms with Gasteiger partial charge in [0.05, 0.1) is 0 Å². The first-order valence-corrected chi connectivity index (χ1v) is 26.2. The fourth-order valence-electron chi connectivity index (χ4n) is 14.9.